The second kappa shape index (κ2) is 10.8. The molecule has 2 rings (SSSR count). The Morgan fingerprint density at radius 1 is 0.704 bits per heavy atom. The lowest BCUT2D eigenvalue weighted by molar-refractivity contribution is 0.474. The second-order valence-electron chi connectivity index (χ2n) is 7.61. The van der Waals surface area contributed by atoms with Crippen molar-refractivity contribution in [1.29, 1.82) is 0 Å². The molecule has 0 aliphatic rings. The van der Waals surface area contributed by atoms with Crippen LogP contribution in [0.2, 0.25) is 0 Å². The van der Waals surface area contributed by atoms with E-state index in [0.29, 0.717) is 0 Å². The van der Waals surface area contributed by atoms with E-state index in [1.54, 1.807) is 24.3 Å². The zero-order chi connectivity index (χ0) is 19.5. The third kappa shape index (κ3) is 6.46. The van der Waals surface area contributed by atoms with Gasteiger partial charge in [-0.1, -0.05) is 81.9 Å². The van der Waals surface area contributed by atoms with E-state index in [0.717, 1.165) is 17.5 Å². The van der Waals surface area contributed by atoms with Crippen LogP contribution < -0.4 is 0 Å². The summed E-state index contributed by atoms with van der Waals surface area (Å²) in [6.07, 6.45) is 14.9. The fourth-order valence-electron chi connectivity index (χ4n) is 3.51. The van der Waals surface area contributed by atoms with Gasteiger partial charge in [-0.25, -0.2) is 0 Å². The summed E-state index contributed by atoms with van der Waals surface area (Å²) < 4.78 is 0. The normalized spacial score (nSPS) is 11.9. The lowest BCUT2D eigenvalue weighted by Gasteiger charge is -2.28. The molecule has 0 bridgehead atoms. The molecule has 0 atom stereocenters. The maximum Gasteiger partial charge on any atom is 0.115 e. The maximum absolute atomic E-state index is 9.63. The molecule has 0 heterocycles. The Morgan fingerprint density at radius 3 is 1.63 bits per heavy atom. The van der Waals surface area contributed by atoms with Crippen LogP contribution in [0.15, 0.2) is 60.7 Å². The van der Waals surface area contributed by atoms with Crippen LogP contribution in [0.25, 0.3) is 0 Å². The largest absolute Gasteiger partial charge is 0.508 e. The summed E-state index contributed by atoms with van der Waals surface area (Å²) in [7, 11) is 0. The molecule has 2 aromatic carbocycles. The van der Waals surface area contributed by atoms with Crippen LogP contribution in [0.5, 0.6) is 11.5 Å². The van der Waals surface area contributed by atoms with Gasteiger partial charge in [-0.05, 0) is 55.2 Å². The van der Waals surface area contributed by atoms with E-state index >= 15 is 0 Å². The number of benzene rings is 2. The molecule has 2 nitrogen and oxygen atoms in total. The van der Waals surface area contributed by atoms with Crippen LogP contribution in [0.1, 0.15) is 76.3 Å². The van der Waals surface area contributed by atoms with Crippen molar-refractivity contribution in [3.63, 3.8) is 0 Å². The molecule has 2 heteroatoms. The third-order valence-corrected chi connectivity index (χ3v) is 5.36. The van der Waals surface area contributed by atoms with Gasteiger partial charge in [-0.15, -0.1) is 0 Å². The first kappa shape index (κ1) is 21.1. The molecular formula is C25H34O2. The van der Waals surface area contributed by atoms with Crippen LogP contribution in [0, 0.1) is 0 Å². The van der Waals surface area contributed by atoms with E-state index in [1.165, 1.54) is 44.9 Å². The minimum Gasteiger partial charge on any atom is -0.508 e. The van der Waals surface area contributed by atoms with Gasteiger partial charge in [0.25, 0.3) is 0 Å². The number of unbranched alkanes of at least 4 members (excludes halogenated alkanes) is 7. The van der Waals surface area contributed by atoms with Crippen molar-refractivity contribution in [3.05, 3.63) is 71.8 Å². The first-order chi connectivity index (χ1) is 13.1. The molecule has 27 heavy (non-hydrogen) atoms. The fraction of sp³-hybridized carbons (Fsp3) is 0.440. The third-order valence-electron chi connectivity index (χ3n) is 5.36. The Labute approximate surface area is 164 Å². The Hall–Kier alpha value is -2.22. The van der Waals surface area contributed by atoms with Gasteiger partial charge < -0.3 is 10.2 Å². The molecule has 0 unspecified atom stereocenters. The van der Waals surface area contributed by atoms with Crippen LogP contribution >= 0.6 is 0 Å². The van der Waals surface area contributed by atoms with Gasteiger partial charge in [-0.2, -0.15) is 0 Å². The van der Waals surface area contributed by atoms with Gasteiger partial charge in [0, 0.05) is 5.41 Å². The average molecular weight is 367 g/mol. The number of allylic oxidation sites excluding steroid dienone is 2. The Bertz CT molecular complexity index is 638. The van der Waals surface area contributed by atoms with Gasteiger partial charge in [-0.3, -0.25) is 0 Å². The van der Waals surface area contributed by atoms with Crippen molar-refractivity contribution in [2.75, 3.05) is 0 Å². The smallest absolute Gasteiger partial charge is 0.115 e. The van der Waals surface area contributed by atoms with Crippen LogP contribution in [0.4, 0.5) is 0 Å². The summed E-state index contributed by atoms with van der Waals surface area (Å²) in [5.41, 5.74) is 1.96. The summed E-state index contributed by atoms with van der Waals surface area (Å²) in [4.78, 5) is 0. The monoisotopic (exact) mass is 366 g/mol. The summed E-state index contributed by atoms with van der Waals surface area (Å²) in [6, 6.07) is 14.8. The minimum atomic E-state index is -0.289. The Kier molecular flexibility index (Phi) is 8.44. The summed E-state index contributed by atoms with van der Waals surface area (Å²) in [5, 5.41) is 19.3. The first-order valence-corrected chi connectivity index (χ1v) is 10.3. The van der Waals surface area contributed by atoms with Crippen molar-refractivity contribution in [1.82, 2.24) is 0 Å². The average Bonchev–Trinajstić information content (AvgIpc) is 2.67. The first-order valence-electron chi connectivity index (χ1n) is 10.3. The van der Waals surface area contributed by atoms with E-state index in [2.05, 4.69) is 26.0 Å². The Balaban J connectivity index is 2.02. The fourth-order valence-corrected chi connectivity index (χ4v) is 3.51. The highest BCUT2D eigenvalue weighted by Gasteiger charge is 2.25. The molecule has 0 saturated carbocycles. The van der Waals surface area contributed by atoms with Gasteiger partial charge in [0.1, 0.15) is 11.5 Å². The van der Waals surface area contributed by atoms with Gasteiger partial charge in [0.2, 0.25) is 0 Å². The van der Waals surface area contributed by atoms with E-state index in [-0.39, 0.29) is 16.9 Å². The molecular weight excluding hydrogens is 332 g/mol. The highest BCUT2D eigenvalue weighted by atomic mass is 16.3. The van der Waals surface area contributed by atoms with E-state index in [9.17, 15) is 10.2 Å². The number of rotatable bonds is 11. The van der Waals surface area contributed by atoms with Crippen LogP contribution in [-0.2, 0) is 5.41 Å². The minimum absolute atomic E-state index is 0.277. The van der Waals surface area contributed by atoms with Crippen molar-refractivity contribution in [2.24, 2.45) is 0 Å². The number of hydrogen-bond acceptors (Lipinski definition) is 2. The molecule has 0 fully saturated rings. The molecule has 2 aromatic rings. The zero-order valence-corrected chi connectivity index (χ0v) is 16.8. The molecule has 0 aliphatic carbocycles. The molecule has 0 amide bonds. The lowest BCUT2D eigenvalue weighted by atomic mass is 9.76. The molecule has 0 radical (unpaired) electrons. The highest BCUT2D eigenvalue weighted by Crippen LogP contribution is 2.35. The molecule has 0 aliphatic heterocycles. The number of aromatic hydroxyl groups is 2. The topological polar surface area (TPSA) is 40.5 Å². The standard InChI is InChI=1S/C25H34O2/c1-3-4-5-6-7-8-9-10-11-20-25(2,21-12-16-23(26)17-13-21)22-14-18-24(27)19-15-22/h11-20,26-27H,3-10H2,1-2H3. The second-order valence-corrected chi connectivity index (χ2v) is 7.61. The molecule has 0 spiro atoms. The van der Waals surface area contributed by atoms with Crippen LogP contribution in [0.3, 0.4) is 0 Å². The van der Waals surface area contributed by atoms with E-state index in [4.69, 9.17) is 0 Å². The maximum atomic E-state index is 9.63. The van der Waals surface area contributed by atoms with Crippen molar-refractivity contribution < 1.29 is 10.2 Å². The van der Waals surface area contributed by atoms with Gasteiger partial charge >= 0.3 is 0 Å². The summed E-state index contributed by atoms with van der Waals surface area (Å²) in [6.45, 7) is 4.44. The van der Waals surface area contributed by atoms with Gasteiger partial charge in [0.15, 0.2) is 0 Å². The number of phenols is 2. The van der Waals surface area contributed by atoms with E-state index in [1.807, 2.05) is 24.3 Å². The quantitative estimate of drug-likeness (QED) is 0.329. The van der Waals surface area contributed by atoms with E-state index < -0.39 is 0 Å². The number of hydrogen-bond donors (Lipinski definition) is 2. The molecule has 146 valence electrons. The molecule has 2 N–H and O–H groups in total. The Morgan fingerprint density at radius 2 is 1.15 bits per heavy atom. The SMILES string of the molecule is CCCCCCCCCC=CC(C)(c1ccc(O)cc1)c1ccc(O)cc1. The van der Waals surface area contributed by atoms with Crippen molar-refractivity contribution in [2.45, 2.75) is 70.6 Å². The summed E-state index contributed by atoms with van der Waals surface area (Å²) in [5.74, 6) is 0.553. The lowest BCUT2D eigenvalue weighted by Crippen LogP contribution is -2.20. The predicted molar refractivity (Wildman–Crippen MR) is 114 cm³/mol. The van der Waals surface area contributed by atoms with Crippen LogP contribution in [-0.4, -0.2) is 10.2 Å². The van der Waals surface area contributed by atoms with Gasteiger partial charge in [0.05, 0.1) is 0 Å². The van der Waals surface area contributed by atoms with Crippen molar-refractivity contribution >= 4 is 0 Å². The summed E-state index contributed by atoms with van der Waals surface area (Å²) >= 11 is 0. The van der Waals surface area contributed by atoms with Crippen molar-refractivity contribution in [3.8, 4) is 11.5 Å². The molecule has 0 saturated heterocycles. The molecule has 0 aromatic heterocycles. The zero-order valence-electron chi connectivity index (χ0n) is 16.8. The highest BCUT2D eigenvalue weighted by molar-refractivity contribution is 5.46. The predicted octanol–water partition coefficient (Wildman–Crippen LogP) is 7.10. The number of phenolic OH excluding ortho intramolecular Hbond substituents is 2.